The van der Waals surface area contributed by atoms with E-state index < -0.39 is 13.4 Å². The Kier molecular flexibility index (Phi) is 5.43. The van der Waals surface area contributed by atoms with E-state index in [1.807, 2.05) is 6.55 Å². The van der Waals surface area contributed by atoms with Crippen LogP contribution in [-0.2, 0) is 0 Å². The van der Waals surface area contributed by atoms with Crippen LogP contribution in [0.2, 0.25) is 6.55 Å². The molecule has 136 valence electrons. The molecule has 0 aliphatic carbocycles. The van der Waals surface area contributed by atoms with Crippen LogP contribution in [0, 0.1) is 10.8 Å². The number of halogens is 3. The summed E-state index contributed by atoms with van der Waals surface area (Å²) >= 11 is 21.2. The molecule has 24 heavy (non-hydrogen) atoms. The number of nitrogens with zero attached hydrogens (tertiary/aromatic N) is 2. The van der Waals surface area contributed by atoms with Crippen molar-refractivity contribution in [2.75, 3.05) is 22.2 Å². The molecule has 1 heterocycles. The predicted octanol–water partition coefficient (Wildman–Crippen LogP) is 6.21. The van der Waals surface area contributed by atoms with Crippen LogP contribution in [0.25, 0.3) is 0 Å². The average molecular weight is 424 g/mol. The van der Waals surface area contributed by atoms with Gasteiger partial charge in [-0.3, -0.25) is 0 Å². The van der Waals surface area contributed by atoms with Crippen LogP contribution in [0.15, 0.2) is 24.3 Å². The molecule has 1 aromatic rings. The van der Waals surface area contributed by atoms with E-state index in [0.717, 1.165) is 13.1 Å². The van der Waals surface area contributed by atoms with Gasteiger partial charge in [-0.2, -0.15) is 0 Å². The van der Waals surface area contributed by atoms with Crippen molar-refractivity contribution in [1.29, 1.82) is 0 Å². The fourth-order valence-electron chi connectivity index (χ4n) is 3.19. The highest BCUT2D eigenvalue weighted by Gasteiger charge is 2.65. The van der Waals surface area contributed by atoms with Gasteiger partial charge in [0.25, 0.3) is 0 Å². The standard InChI is InChI=1S/C17H29Cl3N2Si2/c1-16(2,3)12-21-14-10-8-9-11-15(14)22(13-17(4,5)6)24(21,20)23(7,18)19/h8-11H,12-13H2,1-7H3. The van der Waals surface area contributed by atoms with Crippen molar-refractivity contribution in [2.45, 2.75) is 48.1 Å². The SMILES string of the molecule is CC(C)(C)CN1c2ccccc2N(CC(C)(C)C)[Si]1(Cl)[Si](C)(Cl)Cl. The fraction of sp³-hybridized carbons (Fsp3) is 0.647. The molecule has 2 nitrogen and oxygen atoms in total. The van der Waals surface area contributed by atoms with Gasteiger partial charge in [0.15, 0.2) is 0 Å². The molecule has 1 aliphatic heterocycles. The molecule has 7 heteroatoms. The molecule has 1 aromatic carbocycles. The Morgan fingerprint density at radius 1 is 0.875 bits per heavy atom. The summed E-state index contributed by atoms with van der Waals surface area (Å²) in [6.07, 6.45) is -2.67. The zero-order chi connectivity index (χ0) is 18.6. The Labute approximate surface area is 163 Å². The van der Waals surface area contributed by atoms with E-state index in [1.54, 1.807) is 0 Å². The number of rotatable bonds is 3. The van der Waals surface area contributed by atoms with Crippen molar-refractivity contribution in [1.82, 2.24) is 0 Å². The summed E-state index contributed by atoms with van der Waals surface area (Å²) in [5.74, 6) is 0. The van der Waals surface area contributed by atoms with Crippen molar-refractivity contribution in [3.05, 3.63) is 24.3 Å². The van der Waals surface area contributed by atoms with Crippen LogP contribution in [0.5, 0.6) is 0 Å². The first-order valence-corrected chi connectivity index (χ1v) is 16.8. The third-order valence-electron chi connectivity index (χ3n) is 4.00. The molecule has 0 aromatic heterocycles. The zero-order valence-corrected chi connectivity index (χ0v) is 20.0. The lowest BCUT2D eigenvalue weighted by Gasteiger charge is -2.46. The molecule has 2 rings (SSSR count). The predicted molar refractivity (Wildman–Crippen MR) is 115 cm³/mol. The summed E-state index contributed by atoms with van der Waals surface area (Å²) in [6, 6.07) is 8.45. The minimum Gasteiger partial charge on any atom is -0.368 e. The van der Waals surface area contributed by atoms with Crippen LogP contribution >= 0.6 is 33.2 Å². The second kappa shape index (κ2) is 6.38. The minimum absolute atomic E-state index is 0.103. The second-order valence-corrected chi connectivity index (χ2v) is 27.9. The highest BCUT2D eigenvalue weighted by Crippen LogP contribution is 2.51. The lowest BCUT2D eigenvalue weighted by molar-refractivity contribution is 0.424. The van der Waals surface area contributed by atoms with E-state index in [1.165, 1.54) is 11.4 Å². The van der Waals surface area contributed by atoms with Gasteiger partial charge in [-0.1, -0.05) is 53.7 Å². The summed E-state index contributed by atoms with van der Waals surface area (Å²) < 4.78 is 4.73. The van der Waals surface area contributed by atoms with Gasteiger partial charge >= 0.3 is 13.4 Å². The molecule has 0 amide bonds. The van der Waals surface area contributed by atoms with Crippen LogP contribution in [-0.4, -0.2) is 26.5 Å². The summed E-state index contributed by atoms with van der Waals surface area (Å²) in [5.41, 5.74) is 2.56. The van der Waals surface area contributed by atoms with E-state index in [9.17, 15) is 0 Å². The number of anilines is 2. The van der Waals surface area contributed by atoms with Gasteiger partial charge in [0, 0.05) is 13.1 Å². The summed E-state index contributed by atoms with van der Waals surface area (Å²) in [6.45, 7) is 17.1. The molecule has 0 spiro atoms. The van der Waals surface area contributed by atoms with Crippen molar-refractivity contribution >= 4 is 58.0 Å². The fourth-order valence-corrected chi connectivity index (χ4v) is 15.4. The molecule has 0 fully saturated rings. The summed E-state index contributed by atoms with van der Waals surface area (Å²) in [5, 5.41) is 0. The maximum Gasteiger partial charge on any atom is 0.380 e. The molecule has 0 saturated heterocycles. The third-order valence-corrected chi connectivity index (χ3v) is 23.4. The Bertz CT molecular complexity index is 560. The lowest BCUT2D eigenvalue weighted by Crippen LogP contribution is -2.72. The number of fused-ring (bicyclic) bond motifs is 1. The maximum atomic E-state index is 7.44. The first-order chi connectivity index (χ1) is 10.7. The molecular formula is C17H29Cl3N2Si2. The van der Waals surface area contributed by atoms with Gasteiger partial charge in [-0.15, -0.1) is 33.2 Å². The van der Waals surface area contributed by atoms with E-state index >= 15 is 0 Å². The van der Waals surface area contributed by atoms with Gasteiger partial charge in [0.1, 0.15) is 0 Å². The van der Waals surface area contributed by atoms with Crippen LogP contribution in [0.1, 0.15) is 41.5 Å². The maximum absolute atomic E-state index is 7.44. The highest BCUT2D eigenvalue weighted by atomic mass is 35.7. The Morgan fingerprint density at radius 2 is 1.21 bits per heavy atom. The van der Waals surface area contributed by atoms with Crippen molar-refractivity contribution in [2.24, 2.45) is 10.8 Å². The van der Waals surface area contributed by atoms with Crippen LogP contribution in [0.4, 0.5) is 11.4 Å². The molecule has 0 radical (unpaired) electrons. The number of hydrogen-bond acceptors (Lipinski definition) is 2. The van der Waals surface area contributed by atoms with Gasteiger partial charge in [0.2, 0.25) is 0 Å². The number of benzene rings is 1. The van der Waals surface area contributed by atoms with Gasteiger partial charge in [-0.25, -0.2) is 0 Å². The van der Waals surface area contributed by atoms with E-state index in [-0.39, 0.29) is 10.8 Å². The lowest BCUT2D eigenvalue weighted by atomic mass is 9.96. The molecule has 0 N–H and O–H groups in total. The van der Waals surface area contributed by atoms with Crippen molar-refractivity contribution < 1.29 is 0 Å². The molecular weight excluding hydrogens is 395 g/mol. The Hall–Kier alpha value is 0.124. The van der Waals surface area contributed by atoms with Crippen LogP contribution < -0.4 is 9.13 Å². The first kappa shape index (κ1) is 20.4. The monoisotopic (exact) mass is 422 g/mol. The topological polar surface area (TPSA) is 6.48 Å². The largest absolute Gasteiger partial charge is 0.380 e. The van der Waals surface area contributed by atoms with Crippen molar-refractivity contribution in [3.63, 3.8) is 0 Å². The van der Waals surface area contributed by atoms with Crippen molar-refractivity contribution in [3.8, 4) is 0 Å². The highest BCUT2D eigenvalue weighted by molar-refractivity contribution is 7.84. The molecule has 1 aliphatic rings. The minimum atomic E-state index is -2.76. The summed E-state index contributed by atoms with van der Waals surface area (Å²) in [4.78, 5) is 0. The smallest absolute Gasteiger partial charge is 0.368 e. The Balaban J connectivity index is 2.65. The molecule has 0 bridgehead atoms. The van der Waals surface area contributed by atoms with E-state index in [0.29, 0.717) is 0 Å². The zero-order valence-electron chi connectivity index (χ0n) is 15.8. The van der Waals surface area contributed by atoms with E-state index in [4.69, 9.17) is 33.2 Å². The van der Waals surface area contributed by atoms with Gasteiger partial charge in [-0.05, 0) is 29.5 Å². The quantitative estimate of drug-likeness (QED) is 0.421. The normalized spacial score (nSPS) is 18.1. The third kappa shape index (κ3) is 3.93. The van der Waals surface area contributed by atoms with Crippen LogP contribution in [0.3, 0.4) is 0 Å². The Morgan fingerprint density at radius 3 is 1.46 bits per heavy atom. The summed E-state index contributed by atoms with van der Waals surface area (Å²) in [7, 11) is -2.76. The number of para-hydroxylation sites is 2. The molecule has 0 atom stereocenters. The molecule has 0 unspecified atom stereocenters. The molecule has 0 saturated carbocycles. The second-order valence-electron chi connectivity index (χ2n) is 9.26. The van der Waals surface area contributed by atoms with Gasteiger partial charge in [0.05, 0.1) is 11.4 Å². The number of hydrogen-bond donors (Lipinski definition) is 0. The van der Waals surface area contributed by atoms with Gasteiger partial charge < -0.3 is 9.13 Å². The first-order valence-electron chi connectivity index (χ1n) is 8.38. The average Bonchev–Trinajstić information content (AvgIpc) is 2.59. The van der Waals surface area contributed by atoms with E-state index in [2.05, 4.69) is 74.9 Å².